The third-order valence-electron chi connectivity index (χ3n) is 4.63. The molecule has 0 spiro atoms. The van der Waals surface area contributed by atoms with E-state index in [2.05, 4.69) is 10.1 Å². The molecule has 0 atom stereocenters. The normalized spacial score (nSPS) is 13.5. The van der Waals surface area contributed by atoms with Crippen LogP contribution < -0.4 is 10.5 Å². The largest absolute Gasteiger partial charge is 0.334 e. The van der Waals surface area contributed by atoms with Crippen LogP contribution in [0.5, 0.6) is 0 Å². The minimum atomic E-state index is -0.319. The number of hydrogen-bond donors (Lipinski definition) is 0. The summed E-state index contributed by atoms with van der Waals surface area (Å²) >= 11 is 0. The molecular formula is C20H20N4O3. The van der Waals surface area contributed by atoms with E-state index in [9.17, 15) is 9.59 Å². The first kappa shape index (κ1) is 17.2. The number of hydrogen-bond acceptors (Lipinski definition) is 5. The van der Waals surface area contributed by atoms with Gasteiger partial charge in [-0.25, -0.2) is 0 Å². The minimum Gasteiger partial charge on any atom is -0.334 e. The lowest BCUT2D eigenvalue weighted by molar-refractivity contribution is -0.119. The number of carbonyl (C=O) groups is 1. The Kier molecular flexibility index (Phi) is 4.58. The van der Waals surface area contributed by atoms with Gasteiger partial charge in [-0.05, 0) is 44.0 Å². The molecule has 0 aliphatic heterocycles. The number of para-hydroxylation sites is 1. The predicted octanol–water partition coefficient (Wildman–Crippen LogP) is 2.83. The van der Waals surface area contributed by atoms with Crippen molar-refractivity contribution in [2.45, 2.75) is 32.2 Å². The van der Waals surface area contributed by atoms with E-state index in [0.717, 1.165) is 18.5 Å². The van der Waals surface area contributed by atoms with Gasteiger partial charge in [-0.3, -0.25) is 9.59 Å². The van der Waals surface area contributed by atoms with E-state index in [1.165, 1.54) is 4.57 Å². The van der Waals surface area contributed by atoms with E-state index in [0.29, 0.717) is 23.9 Å². The quantitative estimate of drug-likeness (QED) is 0.672. The molecule has 0 radical (unpaired) electrons. The number of anilines is 1. The van der Waals surface area contributed by atoms with Crippen LogP contribution in [0.4, 0.5) is 5.69 Å². The van der Waals surface area contributed by atoms with Gasteiger partial charge in [0.05, 0.1) is 0 Å². The van der Waals surface area contributed by atoms with Gasteiger partial charge in [0.25, 0.3) is 11.4 Å². The van der Waals surface area contributed by atoms with Crippen molar-refractivity contribution in [3.63, 3.8) is 0 Å². The molecule has 4 rings (SSSR count). The van der Waals surface area contributed by atoms with Crippen LogP contribution in [0.3, 0.4) is 0 Å². The van der Waals surface area contributed by atoms with Gasteiger partial charge in [0, 0.05) is 24.3 Å². The molecule has 1 aliphatic rings. The first-order valence-electron chi connectivity index (χ1n) is 9.06. The third-order valence-corrected chi connectivity index (χ3v) is 4.63. The lowest BCUT2D eigenvalue weighted by atomic mass is 10.2. The fraction of sp³-hybridized carbons (Fsp3) is 0.300. The topological polar surface area (TPSA) is 81.2 Å². The third kappa shape index (κ3) is 3.53. The standard InChI is InChI=1S/C20H20N4O3/c1-2-24(15-7-4-3-5-8-15)17(25)13-23-12-6-9-16(20(23)26)19-21-18(22-27-19)14-10-11-14/h3-9,12,14H,2,10-11,13H2,1H3. The smallest absolute Gasteiger partial charge is 0.263 e. The molecule has 7 nitrogen and oxygen atoms in total. The number of benzene rings is 1. The van der Waals surface area contributed by atoms with Crippen LogP contribution in [-0.2, 0) is 11.3 Å². The summed E-state index contributed by atoms with van der Waals surface area (Å²) in [5.74, 6) is 1.04. The Morgan fingerprint density at radius 3 is 2.70 bits per heavy atom. The van der Waals surface area contributed by atoms with E-state index < -0.39 is 0 Å². The fourth-order valence-corrected chi connectivity index (χ4v) is 3.02. The maximum Gasteiger partial charge on any atom is 0.263 e. The highest BCUT2D eigenvalue weighted by molar-refractivity contribution is 5.93. The van der Waals surface area contributed by atoms with Crippen molar-refractivity contribution >= 4 is 11.6 Å². The molecule has 1 amide bonds. The van der Waals surface area contributed by atoms with E-state index >= 15 is 0 Å². The molecule has 0 unspecified atom stereocenters. The van der Waals surface area contributed by atoms with Crippen LogP contribution in [0.15, 0.2) is 58.0 Å². The first-order valence-corrected chi connectivity index (χ1v) is 9.06. The first-order chi connectivity index (χ1) is 13.2. The van der Waals surface area contributed by atoms with Crippen LogP contribution in [0.2, 0.25) is 0 Å². The van der Waals surface area contributed by atoms with Gasteiger partial charge in [-0.15, -0.1) is 0 Å². The van der Waals surface area contributed by atoms with Gasteiger partial charge >= 0.3 is 0 Å². The van der Waals surface area contributed by atoms with Crippen molar-refractivity contribution in [3.8, 4) is 11.5 Å². The van der Waals surface area contributed by atoms with Crippen molar-refractivity contribution in [1.82, 2.24) is 14.7 Å². The van der Waals surface area contributed by atoms with Crippen LogP contribution in [-0.4, -0.2) is 27.2 Å². The number of nitrogens with zero attached hydrogens (tertiary/aromatic N) is 4. The maximum atomic E-state index is 12.8. The number of likely N-dealkylation sites (N-methyl/N-ethyl adjacent to an activating group) is 1. The molecule has 7 heteroatoms. The van der Waals surface area contributed by atoms with Crippen LogP contribution in [0.1, 0.15) is 31.5 Å². The van der Waals surface area contributed by atoms with E-state index in [1.54, 1.807) is 23.2 Å². The zero-order valence-corrected chi connectivity index (χ0v) is 15.0. The Balaban J connectivity index is 1.58. The Labute approximate surface area is 156 Å². The number of pyridine rings is 1. The SMILES string of the molecule is CCN(C(=O)Cn1cccc(-c2nc(C3CC3)no2)c1=O)c1ccccc1. The monoisotopic (exact) mass is 364 g/mol. The Morgan fingerprint density at radius 2 is 2.00 bits per heavy atom. The average molecular weight is 364 g/mol. The van der Waals surface area contributed by atoms with E-state index in [-0.39, 0.29) is 23.9 Å². The second-order valence-electron chi connectivity index (χ2n) is 6.56. The molecule has 3 aromatic rings. The molecule has 1 aliphatic carbocycles. The molecule has 1 fully saturated rings. The van der Waals surface area contributed by atoms with E-state index in [1.807, 2.05) is 37.3 Å². The van der Waals surface area contributed by atoms with Gasteiger partial charge in [0.1, 0.15) is 12.1 Å². The van der Waals surface area contributed by atoms with Crippen molar-refractivity contribution in [2.75, 3.05) is 11.4 Å². The van der Waals surface area contributed by atoms with Crippen LogP contribution in [0.25, 0.3) is 11.5 Å². The molecule has 138 valence electrons. The highest BCUT2D eigenvalue weighted by Gasteiger charge is 2.29. The summed E-state index contributed by atoms with van der Waals surface area (Å²) in [5.41, 5.74) is 0.800. The lowest BCUT2D eigenvalue weighted by Crippen LogP contribution is -2.36. The van der Waals surface area contributed by atoms with Gasteiger partial charge < -0.3 is 14.0 Å². The minimum absolute atomic E-state index is 0.0565. The molecule has 0 bridgehead atoms. The summed E-state index contributed by atoms with van der Waals surface area (Å²) in [6.07, 6.45) is 3.71. The van der Waals surface area contributed by atoms with Crippen molar-refractivity contribution in [2.24, 2.45) is 0 Å². The Hall–Kier alpha value is -3.22. The molecule has 2 aromatic heterocycles. The summed E-state index contributed by atoms with van der Waals surface area (Å²) in [5, 5.41) is 3.96. The molecule has 2 heterocycles. The van der Waals surface area contributed by atoms with Crippen LogP contribution >= 0.6 is 0 Å². The number of amides is 1. The highest BCUT2D eigenvalue weighted by atomic mass is 16.5. The van der Waals surface area contributed by atoms with Gasteiger partial charge in [0.2, 0.25) is 5.91 Å². The number of carbonyl (C=O) groups excluding carboxylic acids is 1. The predicted molar refractivity (Wildman–Crippen MR) is 100 cm³/mol. The summed E-state index contributed by atoms with van der Waals surface area (Å²) in [6, 6.07) is 12.8. The Bertz CT molecular complexity index is 1010. The molecule has 27 heavy (non-hydrogen) atoms. The van der Waals surface area contributed by atoms with Gasteiger partial charge in [-0.2, -0.15) is 4.98 Å². The molecule has 0 N–H and O–H groups in total. The van der Waals surface area contributed by atoms with E-state index in [4.69, 9.17) is 4.52 Å². The molecule has 1 saturated carbocycles. The average Bonchev–Trinajstić information content (AvgIpc) is 3.42. The second kappa shape index (κ2) is 7.19. The van der Waals surface area contributed by atoms with Crippen molar-refractivity contribution in [3.05, 3.63) is 64.8 Å². The van der Waals surface area contributed by atoms with Crippen LogP contribution in [0, 0.1) is 0 Å². The molecule has 1 aromatic carbocycles. The molecular weight excluding hydrogens is 344 g/mol. The van der Waals surface area contributed by atoms with Gasteiger partial charge in [-0.1, -0.05) is 23.4 Å². The maximum absolute atomic E-state index is 12.8. The highest BCUT2D eigenvalue weighted by Crippen LogP contribution is 2.38. The van der Waals surface area contributed by atoms with Gasteiger partial charge in [0.15, 0.2) is 5.82 Å². The zero-order valence-electron chi connectivity index (χ0n) is 15.0. The Morgan fingerprint density at radius 1 is 1.22 bits per heavy atom. The zero-order chi connectivity index (χ0) is 18.8. The number of rotatable bonds is 6. The summed E-state index contributed by atoms with van der Waals surface area (Å²) in [4.78, 5) is 31.6. The van der Waals surface area contributed by atoms with Crippen molar-refractivity contribution < 1.29 is 9.32 Å². The summed E-state index contributed by atoms with van der Waals surface area (Å²) < 4.78 is 6.64. The second-order valence-corrected chi connectivity index (χ2v) is 6.56. The van der Waals surface area contributed by atoms with Crippen molar-refractivity contribution in [1.29, 1.82) is 0 Å². The lowest BCUT2D eigenvalue weighted by Gasteiger charge is -2.21. The summed E-state index contributed by atoms with van der Waals surface area (Å²) in [6.45, 7) is 2.37. The number of aromatic nitrogens is 3. The molecule has 0 saturated heterocycles. The summed E-state index contributed by atoms with van der Waals surface area (Å²) in [7, 11) is 0. The fourth-order valence-electron chi connectivity index (χ4n) is 3.02.